The molecule has 116 valence electrons. The third-order valence-corrected chi connectivity index (χ3v) is 3.94. The van der Waals surface area contributed by atoms with Crippen molar-refractivity contribution in [2.24, 2.45) is 0 Å². The number of rotatable bonds is 2. The summed E-state index contributed by atoms with van der Waals surface area (Å²) in [5, 5.41) is 1.90. The van der Waals surface area contributed by atoms with Gasteiger partial charge in [0, 0.05) is 10.2 Å². The monoisotopic (exact) mass is 374 g/mol. The topological polar surface area (TPSA) is 72.1 Å². The molecule has 0 bridgehead atoms. The van der Waals surface area contributed by atoms with Gasteiger partial charge in [-0.3, -0.25) is 9.59 Å². The number of carbonyl (C=O) groups is 1. The normalized spacial score (nSPS) is 11.8. The number of carbonyl (C=O) groups excluding carboxylic acids is 1. The number of H-pyrrole nitrogens is 1. The van der Waals surface area contributed by atoms with Gasteiger partial charge in [0.25, 0.3) is 12.0 Å². The number of nitrogens with one attached hydrogen (secondary N) is 1. The minimum Gasteiger partial charge on any atom is -0.468 e. The number of hydrogen-bond donors (Lipinski definition) is 1. The van der Waals surface area contributed by atoms with Crippen LogP contribution >= 0.6 is 27.3 Å². The molecule has 2 heterocycles. The summed E-state index contributed by atoms with van der Waals surface area (Å²) in [5.74, 6) is 0. The molecule has 0 fully saturated rings. The quantitative estimate of drug-likeness (QED) is 0.647. The van der Waals surface area contributed by atoms with Gasteiger partial charge in [0.05, 0.1) is 18.3 Å². The fraction of sp³-hybridized carbons (Fsp3) is 0.500. The molecule has 2 aromatic rings. The summed E-state index contributed by atoms with van der Waals surface area (Å²) in [6, 6.07) is 0. The minimum atomic E-state index is 0.0180. The highest BCUT2D eigenvalue weighted by Gasteiger charge is 2.19. The van der Waals surface area contributed by atoms with Crippen LogP contribution in [0.5, 0.6) is 0 Å². The lowest BCUT2D eigenvalue weighted by molar-refractivity contribution is -0.128. The van der Waals surface area contributed by atoms with Crippen molar-refractivity contribution in [2.45, 2.75) is 33.1 Å². The summed E-state index contributed by atoms with van der Waals surface area (Å²) in [5.41, 5.74) is 1.26. The number of ether oxygens (including phenoxy) is 1. The van der Waals surface area contributed by atoms with E-state index in [1.54, 1.807) is 18.3 Å². The van der Waals surface area contributed by atoms with Crippen molar-refractivity contribution in [3.05, 3.63) is 27.1 Å². The summed E-state index contributed by atoms with van der Waals surface area (Å²) in [6.45, 7) is 4.71. The SMILES string of the molecule is CCBr.CCOC=O.O=c1[nH]cnc2sc3c(c12)CCC3. The number of thiophene rings is 1. The molecule has 7 heteroatoms. The summed E-state index contributed by atoms with van der Waals surface area (Å²) < 4.78 is 4.15. The first-order valence-corrected chi connectivity index (χ1v) is 8.72. The first-order chi connectivity index (χ1) is 10.2. The van der Waals surface area contributed by atoms with Crippen LogP contribution < -0.4 is 5.56 Å². The first-order valence-electron chi connectivity index (χ1n) is 6.78. The highest BCUT2D eigenvalue weighted by atomic mass is 79.9. The lowest BCUT2D eigenvalue weighted by atomic mass is 10.2. The van der Waals surface area contributed by atoms with Gasteiger partial charge in [-0.1, -0.05) is 22.9 Å². The van der Waals surface area contributed by atoms with Gasteiger partial charge >= 0.3 is 0 Å². The Hall–Kier alpha value is -1.21. The lowest BCUT2D eigenvalue weighted by Gasteiger charge is -1.89. The highest BCUT2D eigenvalue weighted by molar-refractivity contribution is 9.09. The lowest BCUT2D eigenvalue weighted by Crippen LogP contribution is -2.05. The zero-order valence-corrected chi connectivity index (χ0v) is 14.6. The van der Waals surface area contributed by atoms with Gasteiger partial charge in [0.15, 0.2) is 0 Å². The van der Waals surface area contributed by atoms with Gasteiger partial charge in [-0.15, -0.1) is 11.3 Å². The van der Waals surface area contributed by atoms with Crippen LogP contribution in [-0.4, -0.2) is 28.4 Å². The van der Waals surface area contributed by atoms with Crippen molar-refractivity contribution in [1.29, 1.82) is 0 Å². The van der Waals surface area contributed by atoms with E-state index in [1.165, 1.54) is 23.2 Å². The van der Waals surface area contributed by atoms with Gasteiger partial charge in [-0.25, -0.2) is 4.98 Å². The van der Waals surface area contributed by atoms with Crippen molar-refractivity contribution < 1.29 is 9.53 Å². The number of alkyl halides is 1. The van der Waals surface area contributed by atoms with Crippen molar-refractivity contribution in [3.63, 3.8) is 0 Å². The number of hydrogen-bond acceptors (Lipinski definition) is 5. The zero-order chi connectivity index (χ0) is 15.7. The van der Waals surface area contributed by atoms with E-state index in [1.807, 2.05) is 6.92 Å². The maximum absolute atomic E-state index is 11.5. The Balaban J connectivity index is 0.000000235. The van der Waals surface area contributed by atoms with Gasteiger partial charge in [-0.2, -0.15) is 0 Å². The first kappa shape index (κ1) is 17.8. The summed E-state index contributed by atoms with van der Waals surface area (Å²) in [4.78, 5) is 29.7. The van der Waals surface area contributed by atoms with Gasteiger partial charge < -0.3 is 9.72 Å². The number of fused-ring (bicyclic) bond motifs is 3. The smallest absolute Gasteiger partial charge is 0.293 e. The van der Waals surface area contributed by atoms with Crippen LogP contribution in [0.4, 0.5) is 0 Å². The van der Waals surface area contributed by atoms with Gasteiger partial charge in [0.2, 0.25) is 0 Å². The van der Waals surface area contributed by atoms with Crippen LogP contribution in [0.25, 0.3) is 10.2 Å². The molecular weight excluding hydrogens is 356 g/mol. The molecule has 0 aromatic carbocycles. The standard InChI is InChI=1S/C9H8N2OS.C3H6O2.C2H5Br/c12-8-7-5-2-1-3-6(5)13-9(7)11-4-10-8;1-2-5-3-4;1-2-3/h4H,1-3H2,(H,10,11,12);3H,2H2,1H3;2H2,1H3. The van der Waals surface area contributed by atoms with Crippen molar-refractivity contribution in [2.75, 3.05) is 11.9 Å². The highest BCUT2D eigenvalue weighted by Crippen LogP contribution is 2.33. The van der Waals surface area contributed by atoms with E-state index >= 15 is 0 Å². The molecule has 0 spiro atoms. The molecule has 0 unspecified atom stereocenters. The zero-order valence-electron chi connectivity index (χ0n) is 12.1. The molecule has 0 atom stereocenters. The van der Waals surface area contributed by atoms with Crippen LogP contribution in [0.2, 0.25) is 0 Å². The third-order valence-electron chi connectivity index (χ3n) is 2.74. The van der Waals surface area contributed by atoms with Crippen molar-refractivity contribution in [3.8, 4) is 0 Å². The second kappa shape index (κ2) is 9.68. The molecule has 3 rings (SSSR count). The fourth-order valence-electron chi connectivity index (χ4n) is 2.00. The molecule has 0 aliphatic heterocycles. The van der Waals surface area contributed by atoms with E-state index < -0.39 is 0 Å². The van der Waals surface area contributed by atoms with Crippen LogP contribution in [0, 0.1) is 0 Å². The van der Waals surface area contributed by atoms with E-state index in [0.717, 1.165) is 28.4 Å². The largest absolute Gasteiger partial charge is 0.468 e. The summed E-state index contributed by atoms with van der Waals surface area (Å²) >= 11 is 4.82. The number of nitrogens with zero attached hydrogens (tertiary/aromatic N) is 1. The van der Waals surface area contributed by atoms with E-state index in [4.69, 9.17) is 0 Å². The minimum absolute atomic E-state index is 0.0180. The third kappa shape index (κ3) is 4.93. The van der Waals surface area contributed by atoms with E-state index in [-0.39, 0.29) is 5.56 Å². The number of halogens is 1. The molecule has 0 radical (unpaired) electrons. The van der Waals surface area contributed by atoms with Crippen LogP contribution in [0.1, 0.15) is 30.7 Å². The maximum Gasteiger partial charge on any atom is 0.293 e. The van der Waals surface area contributed by atoms with E-state index in [9.17, 15) is 9.59 Å². The second-order valence-corrected chi connectivity index (χ2v) is 6.29. The maximum atomic E-state index is 11.5. The summed E-state index contributed by atoms with van der Waals surface area (Å²) in [7, 11) is 0. The molecule has 0 amide bonds. The Kier molecular flexibility index (Phi) is 8.22. The van der Waals surface area contributed by atoms with E-state index in [0.29, 0.717) is 13.1 Å². The van der Waals surface area contributed by atoms with Crippen LogP contribution in [0.3, 0.4) is 0 Å². The number of aromatic nitrogens is 2. The Morgan fingerprint density at radius 2 is 2.19 bits per heavy atom. The van der Waals surface area contributed by atoms with Gasteiger partial charge in [0.1, 0.15) is 4.83 Å². The average molecular weight is 375 g/mol. The molecule has 1 aliphatic rings. The molecule has 5 nitrogen and oxygen atoms in total. The Morgan fingerprint density at radius 3 is 2.76 bits per heavy atom. The average Bonchev–Trinajstić information content (AvgIpc) is 3.01. The van der Waals surface area contributed by atoms with E-state index in [2.05, 4.69) is 30.6 Å². The molecule has 2 aromatic heterocycles. The molecular formula is C14H19BrN2O3S. The second-order valence-electron chi connectivity index (χ2n) is 4.09. The predicted molar refractivity (Wildman–Crippen MR) is 89.4 cm³/mol. The van der Waals surface area contributed by atoms with Crippen LogP contribution in [-0.2, 0) is 22.4 Å². The predicted octanol–water partition coefficient (Wildman–Crippen LogP) is 3.05. The van der Waals surface area contributed by atoms with Gasteiger partial charge in [-0.05, 0) is 31.7 Å². The molecule has 1 N–H and O–H groups in total. The van der Waals surface area contributed by atoms with Crippen molar-refractivity contribution >= 4 is 44.0 Å². The number of aromatic amines is 1. The molecule has 0 saturated carbocycles. The number of aryl methyl sites for hydroxylation is 2. The molecule has 0 saturated heterocycles. The molecule has 21 heavy (non-hydrogen) atoms. The fourth-order valence-corrected chi connectivity index (χ4v) is 3.24. The Bertz CT molecular complexity index is 624. The Morgan fingerprint density at radius 1 is 1.48 bits per heavy atom. The van der Waals surface area contributed by atoms with Crippen LogP contribution in [0.15, 0.2) is 11.1 Å². The summed E-state index contributed by atoms with van der Waals surface area (Å²) in [6.07, 6.45) is 4.83. The molecule has 1 aliphatic carbocycles. The van der Waals surface area contributed by atoms with Crippen molar-refractivity contribution in [1.82, 2.24) is 9.97 Å². The Labute approximate surface area is 135 Å².